The number of pyridine rings is 1. The van der Waals surface area contributed by atoms with E-state index in [0.29, 0.717) is 25.9 Å². The molecule has 1 heterocycles. The maximum Gasteiger partial charge on any atom is 0.238 e. The number of hydrogen-bond donors (Lipinski definition) is 1. The zero-order chi connectivity index (χ0) is 17.7. The van der Waals surface area contributed by atoms with Crippen LogP contribution in [0.15, 0.2) is 54.9 Å². The Balaban J connectivity index is 1.54. The standard InChI is InChI=1S/C20H23N3O2/c1-23(14-9-16-7-12-21-13-8-16)19(25)20(10-11-20)18(24)22-15-17-5-3-2-4-6-17/h2-8,12-13H,9-11,14-15H2,1H3,(H,22,24). The SMILES string of the molecule is CN(CCc1ccncc1)C(=O)C1(C(=O)NCc2ccccc2)CC1. The van der Waals surface area contributed by atoms with E-state index in [-0.39, 0.29) is 11.8 Å². The minimum atomic E-state index is -0.859. The number of carbonyl (C=O) groups is 2. The van der Waals surface area contributed by atoms with Gasteiger partial charge in [-0.05, 0) is 42.5 Å². The smallest absolute Gasteiger partial charge is 0.238 e. The quantitative estimate of drug-likeness (QED) is 0.788. The van der Waals surface area contributed by atoms with Gasteiger partial charge in [0.05, 0.1) is 0 Å². The molecule has 25 heavy (non-hydrogen) atoms. The summed E-state index contributed by atoms with van der Waals surface area (Å²) in [5.74, 6) is -0.232. The lowest BCUT2D eigenvalue weighted by atomic mass is 10.0. The van der Waals surface area contributed by atoms with Crippen molar-refractivity contribution in [2.45, 2.75) is 25.8 Å². The van der Waals surface area contributed by atoms with Gasteiger partial charge in [-0.2, -0.15) is 0 Å². The monoisotopic (exact) mass is 337 g/mol. The third kappa shape index (κ3) is 4.05. The van der Waals surface area contributed by atoms with Crippen molar-refractivity contribution in [3.8, 4) is 0 Å². The highest BCUT2D eigenvalue weighted by Gasteiger charge is 2.57. The molecule has 130 valence electrons. The van der Waals surface area contributed by atoms with Gasteiger partial charge in [-0.3, -0.25) is 14.6 Å². The van der Waals surface area contributed by atoms with Crippen LogP contribution in [0.25, 0.3) is 0 Å². The van der Waals surface area contributed by atoms with Crippen molar-refractivity contribution in [3.63, 3.8) is 0 Å². The van der Waals surface area contributed by atoms with E-state index in [0.717, 1.165) is 17.5 Å². The van der Waals surface area contributed by atoms with Gasteiger partial charge in [0.15, 0.2) is 0 Å². The third-order valence-corrected chi connectivity index (χ3v) is 4.72. The normalized spacial score (nSPS) is 14.6. The van der Waals surface area contributed by atoms with Gasteiger partial charge < -0.3 is 10.2 Å². The van der Waals surface area contributed by atoms with Crippen LogP contribution in [0.3, 0.4) is 0 Å². The number of likely N-dealkylation sites (N-methyl/N-ethyl adjacent to an activating group) is 1. The van der Waals surface area contributed by atoms with Crippen molar-refractivity contribution in [3.05, 3.63) is 66.0 Å². The molecule has 3 rings (SSSR count). The molecular weight excluding hydrogens is 314 g/mol. The molecule has 0 atom stereocenters. The van der Waals surface area contributed by atoms with Crippen molar-refractivity contribution in [2.24, 2.45) is 5.41 Å². The van der Waals surface area contributed by atoms with E-state index in [1.807, 2.05) is 42.5 Å². The minimum Gasteiger partial charge on any atom is -0.351 e. The predicted molar refractivity (Wildman–Crippen MR) is 95.5 cm³/mol. The second-order valence-electron chi connectivity index (χ2n) is 6.58. The fraction of sp³-hybridized carbons (Fsp3) is 0.350. The molecule has 0 unspecified atom stereocenters. The van der Waals surface area contributed by atoms with Crippen LogP contribution in [0, 0.1) is 5.41 Å². The molecule has 1 aromatic carbocycles. The summed E-state index contributed by atoms with van der Waals surface area (Å²) in [4.78, 5) is 31.0. The third-order valence-electron chi connectivity index (χ3n) is 4.72. The molecule has 1 aromatic heterocycles. The summed E-state index contributed by atoms with van der Waals surface area (Å²) in [6, 6.07) is 13.6. The molecular formula is C20H23N3O2. The fourth-order valence-corrected chi connectivity index (χ4v) is 2.92. The molecule has 0 aliphatic heterocycles. The molecule has 0 saturated heterocycles. The first kappa shape index (κ1) is 17.1. The van der Waals surface area contributed by atoms with E-state index in [1.54, 1.807) is 24.3 Å². The lowest BCUT2D eigenvalue weighted by Gasteiger charge is -2.23. The first-order valence-corrected chi connectivity index (χ1v) is 8.58. The number of aromatic nitrogens is 1. The van der Waals surface area contributed by atoms with Crippen molar-refractivity contribution in [1.29, 1.82) is 0 Å². The Hall–Kier alpha value is -2.69. The number of nitrogens with one attached hydrogen (secondary N) is 1. The summed E-state index contributed by atoms with van der Waals surface area (Å²) in [6.07, 6.45) is 5.51. The predicted octanol–water partition coefficient (Wildman–Crippen LogP) is 2.18. The maximum absolute atomic E-state index is 12.8. The molecule has 2 aromatic rings. The number of carbonyl (C=O) groups excluding carboxylic acids is 2. The zero-order valence-corrected chi connectivity index (χ0v) is 14.4. The van der Waals surface area contributed by atoms with Gasteiger partial charge in [-0.25, -0.2) is 0 Å². The second kappa shape index (κ2) is 7.47. The number of nitrogens with zero attached hydrogens (tertiary/aromatic N) is 2. The van der Waals surface area contributed by atoms with Crippen LogP contribution in [0.4, 0.5) is 0 Å². The van der Waals surface area contributed by atoms with E-state index in [1.165, 1.54) is 0 Å². The number of benzene rings is 1. The average Bonchev–Trinajstić information content (AvgIpc) is 3.47. The van der Waals surface area contributed by atoms with Crippen LogP contribution >= 0.6 is 0 Å². The van der Waals surface area contributed by atoms with Gasteiger partial charge in [0, 0.05) is 32.5 Å². The molecule has 5 heteroatoms. The summed E-state index contributed by atoms with van der Waals surface area (Å²) in [5, 5.41) is 2.92. The van der Waals surface area contributed by atoms with Gasteiger partial charge in [0.2, 0.25) is 11.8 Å². The van der Waals surface area contributed by atoms with Crippen LogP contribution in [0.2, 0.25) is 0 Å². The summed E-state index contributed by atoms with van der Waals surface area (Å²) in [5.41, 5.74) is 1.31. The average molecular weight is 337 g/mol. The molecule has 1 fully saturated rings. The van der Waals surface area contributed by atoms with Gasteiger partial charge in [-0.15, -0.1) is 0 Å². The number of hydrogen-bond acceptors (Lipinski definition) is 3. The molecule has 0 bridgehead atoms. The first-order valence-electron chi connectivity index (χ1n) is 8.58. The van der Waals surface area contributed by atoms with Crippen LogP contribution in [0.1, 0.15) is 24.0 Å². The van der Waals surface area contributed by atoms with E-state index in [4.69, 9.17) is 0 Å². The lowest BCUT2D eigenvalue weighted by molar-refractivity contribution is -0.143. The van der Waals surface area contributed by atoms with Crippen LogP contribution in [-0.2, 0) is 22.6 Å². The second-order valence-corrected chi connectivity index (χ2v) is 6.58. The van der Waals surface area contributed by atoms with Gasteiger partial charge in [0.25, 0.3) is 0 Å². The maximum atomic E-state index is 12.8. The summed E-state index contributed by atoms with van der Waals surface area (Å²) < 4.78 is 0. The summed E-state index contributed by atoms with van der Waals surface area (Å²) in [7, 11) is 1.77. The van der Waals surface area contributed by atoms with E-state index >= 15 is 0 Å². The molecule has 1 aliphatic rings. The van der Waals surface area contributed by atoms with E-state index in [9.17, 15) is 9.59 Å². The Morgan fingerprint density at radius 1 is 1.08 bits per heavy atom. The molecule has 1 N–H and O–H groups in total. The van der Waals surface area contributed by atoms with Crippen LogP contribution in [-0.4, -0.2) is 35.3 Å². The van der Waals surface area contributed by atoms with Gasteiger partial charge in [0.1, 0.15) is 5.41 Å². The Morgan fingerprint density at radius 2 is 1.76 bits per heavy atom. The number of rotatable bonds is 7. The molecule has 1 aliphatic carbocycles. The van der Waals surface area contributed by atoms with Gasteiger partial charge in [-0.1, -0.05) is 30.3 Å². The highest BCUT2D eigenvalue weighted by molar-refractivity contribution is 6.07. The van der Waals surface area contributed by atoms with Crippen molar-refractivity contribution in [2.75, 3.05) is 13.6 Å². The lowest BCUT2D eigenvalue weighted by Crippen LogP contribution is -2.44. The Labute approximate surface area is 148 Å². The topological polar surface area (TPSA) is 62.3 Å². The zero-order valence-electron chi connectivity index (χ0n) is 14.4. The Kier molecular flexibility index (Phi) is 5.12. The Bertz CT molecular complexity index is 727. The molecule has 5 nitrogen and oxygen atoms in total. The van der Waals surface area contributed by atoms with E-state index < -0.39 is 5.41 Å². The molecule has 2 amide bonds. The first-order chi connectivity index (χ1) is 12.1. The van der Waals surface area contributed by atoms with Crippen LogP contribution in [0.5, 0.6) is 0 Å². The van der Waals surface area contributed by atoms with Crippen LogP contribution < -0.4 is 5.32 Å². The summed E-state index contributed by atoms with van der Waals surface area (Å²) >= 11 is 0. The highest BCUT2D eigenvalue weighted by atomic mass is 16.2. The molecule has 1 saturated carbocycles. The Morgan fingerprint density at radius 3 is 2.40 bits per heavy atom. The van der Waals surface area contributed by atoms with Gasteiger partial charge >= 0.3 is 0 Å². The molecule has 0 spiro atoms. The van der Waals surface area contributed by atoms with Crippen molar-refractivity contribution >= 4 is 11.8 Å². The highest BCUT2D eigenvalue weighted by Crippen LogP contribution is 2.47. The largest absolute Gasteiger partial charge is 0.351 e. The fourth-order valence-electron chi connectivity index (χ4n) is 2.92. The van der Waals surface area contributed by atoms with Crippen molar-refractivity contribution < 1.29 is 9.59 Å². The minimum absolute atomic E-state index is 0.0767. The van der Waals surface area contributed by atoms with Crippen molar-refractivity contribution in [1.82, 2.24) is 15.2 Å². The summed E-state index contributed by atoms with van der Waals surface area (Å²) in [6.45, 7) is 1.05. The molecule has 0 radical (unpaired) electrons. The van der Waals surface area contributed by atoms with E-state index in [2.05, 4.69) is 10.3 Å². The number of amides is 2.